The molecule has 2 nitrogen and oxygen atoms in total. The molecule has 14 heavy (non-hydrogen) atoms. The number of rotatable bonds is 3. The van der Waals surface area contributed by atoms with Crippen molar-refractivity contribution in [1.29, 1.82) is 0 Å². The van der Waals surface area contributed by atoms with Gasteiger partial charge in [0.1, 0.15) is 0 Å². The standard InChI is InChI=1S/C12H15N2/c1-2-12(14-9-8-13-10-14)11-6-4-3-5-7-11/h2-7,13H,1,8-10H2. The van der Waals surface area contributed by atoms with E-state index in [0.717, 1.165) is 19.8 Å². The van der Waals surface area contributed by atoms with Crippen LogP contribution in [0.5, 0.6) is 0 Å². The van der Waals surface area contributed by atoms with E-state index in [4.69, 9.17) is 0 Å². The molecule has 0 aliphatic carbocycles. The first-order valence-corrected chi connectivity index (χ1v) is 4.92. The van der Waals surface area contributed by atoms with Crippen LogP contribution in [0.4, 0.5) is 0 Å². The highest BCUT2D eigenvalue weighted by Crippen LogP contribution is 2.20. The highest BCUT2D eigenvalue weighted by Gasteiger charge is 2.20. The maximum absolute atomic E-state index is 3.88. The molecule has 1 radical (unpaired) electrons. The van der Waals surface area contributed by atoms with E-state index in [-0.39, 0.29) is 0 Å². The molecule has 1 saturated heterocycles. The van der Waals surface area contributed by atoms with Gasteiger partial charge in [-0.3, -0.25) is 4.90 Å². The molecule has 0 bridgehead atoms. The van der Waals surface area contributed by atoms with Gasteiger partial charge in [0.25, 0.3) is 0 Å². The summed E-state index contributed by atoms with van der Waals surface area (Å²) < 4.78 is 0. The molecule has 1 aromatic rings. The Hall–Kier alpha value is -1.12. The summed E-state index contributed by atoms with van der Waals surface area (Å²) in [5, 5.41) is 3.31. The Labute approximate surface area is 85.2 Å². The van der Waals surface area contributed by atoms with Gasteiger partial charge in [0.2, 0.25) is 0 Å². The predicted octanol–water partition coefficient (Wildman–Crippen LogP) is 1.62. The normalized spacial score (nSPS) is 17.5. The summed E-state index contributed by atoms with van der Waals surface area (Å²) in [5.41, 5.74) is 1.24. The van der Waals surface area contributed by atoms with Crippen LogP contribution in [-0.4, -0.2) is 24.7 Å². The van der Waals surface area contributed by atoms with Crippen molar-refractivity contribution in [2.24, 2.45) is 0 Å². The van der Waals surface area contributed by atoms with E-state index in [9.17, 15) is 0 Å². The Morgan fingerprint density at radius 3 is 2.71 bits per heavy atom. The number of benzene rings is 1. The smallest absolute Gasteiger partial charge is 0.0919 e. The molecule has 1 aliphatic heterocycles. The average molecular weight is 187 g/mol. The minimum atomic E-state index is 0.927. The van der Waals surface area contributed by atoms with Crippen LogP contribution in [0, 0.1) is 6.04 Å². The van der Waals surface area contributed by atoms with Crippen LogP contribution in [-0.2, 0) is 0 Å². The first-order valence-electron chi connectivity index (χ1n) is 4.92. The van der Waals surface area contributed by atoms with E-state index < -0.39 is 0 Å². The molecular weight excluding hydrogens is 172 g/mol. The zero-order chi connectivity index (χ0) is 9.80. The Bertz CT molecular complexity index is 288. The number of hydrogen-bond acceptors (Lipinski definition) is 2. The molecule has 73 valence electrons. The largest absolute Gasteiger partial charge is 0.303 e. The highest BCUT2D eigenvalue weighted by molar-refractivity contribution is 5.35. The van der Waals surface area contributed by atoms with E-state index in [1.165, 1.54) is 11.6 Å². The van der Waals surface area contributed by atoms with Crippen LogP contribution in [0.3, 0.4) is 0 Å². The average Bonchev–Trinajstić information content (AvgIpc) is 2.74. The summed E-state index contributed by atoms with van der Waals surface area (Å²) in [4.78, 5) is 2.31. The van der Waals surface area contributed by atoms with Gasteiger partial charge < -0.3 is 5.32 Å². The van der Waals surface area contributed by atoms with Crippen molar-refractivity contribution in [2.75, 3.05) is 19.8 Å². The molecule has 0 spiro atoms. The molecule has 0 atom stereocenters. The van der Waals surface area contributed by atoms with E-state index in [2.05, 4.69) is 41.1 Å². The topological polar surface area (TPSA) is 15.3 Å². The Balaban J connectivity index is 2.16. The van der Waals surface area contributed by atoms with E-state index in [1.807, 2.05) is 12.1 Å². The SMILES string of the molecule is C=C[C](c1ccccc1)N1CCNC1. The molecule has 0 aromatic heterocycles. The van der Waals surface area contributed by atoms with Crippen LogP contribution < -0.4 is 5.32 Å². The Morgan fingerprint density at radius 2 is 2.14 bits per heavy atom. The number of hydrogen-bond donors (Lipinski definition) is 1. The molecule has 0 unspecified atom stereocenters. The molecule has 2 heteroatoms. The second-order valence-electron chi connectivity index (χ2n) is 3.38. The lowest BCUT2D eigenvalue weighted by Gasteiger charge is -2.22. The second-order valence-corrected chi connectivity index (χ2v) is 3.38. The predicted molar refractivity (Wildman–Crippen MR) is 58.6 cm³/mol. The Morgan fingerprint density at radius 1 is 1.36 bits per heavy atom. The quantitative estimate of drug-likeness (QED) is 0.773. The summed E-state index contributed by atoms with van der Waals surface area (Å²) in [6, 6.07) is 11.6. The van der Waals surface area contributed by atoms with Crippen molar-refractivity contribution in [3.8, 4) is 0 Å². The fraction of sp³-hybridized carbons (Fsp3) is 0.250. The molecule has 1 fully saturated rings. The summed E-state index contributed by atoms with van der Waals surface area (Å²) in [6.07, 6.45) is 1.93. The lowest BCUT2D eigenvalue weighted by molar-refractivity contribution is 0.387. The molecule has 1 aromatic carbocycles. The van der Waals surface area contributed by atoms with Gasteiger partial charge in [-0.15, -0.1) is 6.58 Å². The lowest BCUT2D eigenvalue weighted by atomic mass is 10.1. The van der Waals surface area contributed by atoms with E-state index in [1.54, 1.807) is 0 Å². The molecular formula is C12H15N2. The van der Waals surface area contributed by atoms with Gasteiger partial charge in [0.05, 0.1) is 6.04 Å². The van der Waals surface area contributed by atoms with Gasteiger partial charge in [-0.2, -0.15) is 0 Å². The van der Waals surface area contributed by atoms with Crippen LogP contribution in [0.25, 0.3) is 0 Å². The molecule has 0 amide bonds. The van der Waals surface area contributed by atoms with Gasteiger partial charge in [-0.05, 0) is 5.56 Å². The minimum absolute atomic E-state index is 0.927. The first-order chi connectivity index (χ1) is 6.92. The fourth-order valence-electron chi connectivity index (χ4n) is 1.75. The van der Waals surface area contributed by atoms with Gasteiger partial charge in [0, 0.05) is 19.8 Å². The molecule has 2 rings (SSSR count). The Kier molecular flexibility index (Phi) is 2.96. The van der Waals surface area contributed by atoms with Gasteiger partial charge in [-0.1, -0.05) is 36.4 Å². The summed E-state index contributed by atoms with van der Waals surface area (Å²) in [7, 11) is 0. The third kappa shape index (κ3) is 1.86. The van der Waals surface area contributed by atoms with Crippen LogP contribution in [0.2, 0.25) is 0 Å². The molecule has 1 heterocycles. The van der Waals surface area contributed by atoms with Crippen LogP contribution >= 0.6 is 0 Å². The van der Waals surface area contributed by atoms with Crippen LogP contribution in [0.15, 0.2) is 43.0 Å². The first kappa shape index (κ1) is 9.44. The summed E-state index contributed by atoms with van der Waals surface area (Å²) >= 11 is 0. The second kappa shape index (κ2) is 4.40. The van der Waals surface area contributed by atoms with Crippen LogP contribution in [0.1, 0.15) is 5.56 Å². The minimum Gasteiger partial charge on any atom is -0.303 e. The monoisotopic (exact) mass is 187 g/mol. The van der Waals surface area contributed by atoms with Crippen molar-refractivity contribution < 1.29 is 0 Å². The van der Waals surface area contributed by atoms with Crippen molar-refractivity contribution in [3.05, 3.63) is 54.6 Å². The van der Waals surface area contributed by atoms with Crippen molar-refractivity contribution in [3.63, 3.8) is 0 Å². The highest BCUT2D eigenvalue weighted by atomic mass is 15.3. The molecule has 1 aliphatic rings. The summed E-state index contributed by atoms with van der Waals surface area (Å²) in [6.45, 7) is 6.93. The third-order valence-corrected chi connectivity index (χ3v) is 2.46. The molecule has 0 saturated carbocycles. The molecule has 1 N–H and O–H groups in total. The third-order valence-electron chi connectivity index (χ3n) is 2.46. The van der Waals surface area contributed by atoms with Crippen molar-refractivity contribution in [1.82, 2.24) is 10.2 Å². The summed E-state index contributed by atoms with van der Waals surface area (Å²) in [5.74, 6) is 0. The maximum Gasteiger partial charge on any atom is 0.0919 e. The zero-order valence-corrected chi connectivity index (χ0v) is 8.24. The van der Waals surface area contributed by atoms with Crippen molar-refractivity contribution in [2.45, 2.75) is 0 Å². The lowest BCUT2D eigenvalue weighted by Crippen LogP contribution is -2.26. The fourth-order valence-corrected chi connectivity index (χ4v) is 1.75. The number of nitrogens with one attached hydrogen (secondary N) is 1. The zero-order valence-electron chi connectivity index (χ0n) is 8.24. The maximum atomic E-state index is 3.88. The van der Waals surface area contributed by atoms with Crippen molar-refractivity contribution >= 4 is 0 Å². The van der Waals surface area contributed by atoms with E-state index >= 15 is 0 Å². The van der Waals surface area contributed by atoms with Gasteiger partial charge >= 0.3 is 0 Å². The van der Waals surface area contributed by atoms with Gasteiger partial charge in [-0.25, -0.2) is 0 Å². The van der Waals surface area contributed by atoms with E-state index in [0.29, 0.717) is 0 Å². The van der Waals surface area contributed by atoms with Gasteiger partial charge in [0.15, 0.2) is 0 Å². The number of nitrogens with zero attached hydrogens (tertiary/aromatic N) is 1.